The van der Waals surface area contributed by atoms with Gasteiger partial charge in [0.15, 0.2) is 0 Å². The van der Waals surface area contributed by atoms with Crippen molar-refractivity contribution in [2.45, 2.75) is 20.0 Å². The van der Waals surface area contributed by atoms with E-state index in [1.807, 2.05) is 13.8 Å². The number of aromatic nitrogens is 1. The topological polar surface area (TPSA) is 86.5 Å². The standard InChI is InChI=1S/C11H17N3O4/c1-4-17-7-8(2)18-11-6-9(14(15)16)5-10(12-3)13-11/h5-6,8H,4,7H2,1-3H3,(H,12,13). The van der Waals surface area contributed by atoms with Crippen LogP contribution in [-0.2, 0) is 4.74 Å². The van der Waals surface area contributed by atoms with Gasteiger partial charge < -0.3 is 14.8 Å². The minimum absolute atomic E-state index is 0.0621. The predicted molar refractivity (Wildman–Crippen MR) is 67.0 cm³/mol. The largest absolute Gasteiger partial charge is 0.472 e. The molecule has 0 aliphatic heterocycles. The summed E-state index contributed by atoms with van der Waals surface area (Å²) in [5.74, 6) is 0.601. The fraction of sp³-hybridized carbons (Fsp3) is 0.545. The molecule has 100 valence electrons. The van der Waals surface area contributed by atoms with Gasteiger partial charge in [0, 0.05) is 13.7 Å². The Kier molecular flexibility index (Phi) is 5.31. The predicted octanol–water partition coefficient (Wildman–Crippen LogP) is 1.84. The van der Waals surface area contributed by atoms with Crippen molar-refractivity contribution < 1.29 is 14.4 Å². The van der Waals surface area contributed by atoms with Gasteiger partial charge in [-0.05, 0) is 13.8 Å². The molecule has 0 saturated carbocycles. The smallest absolute Gasteiger partial charge is 0.278 e. The summed E-state index contributed by atoms with van der Waals surface area (Å²) in [6, 6.07) is 2.64. The van der Waals surface area contributed by atoms with E-state index in [0.717, 1.165) is 0 Å². The van der Waals surface area contributed by atoms with Crippen molar-refractivity contribution in [1.29, 1.82) is 0 Å². The van der Waals surface area contributed by atoms with E-state index in [-0.39, 0.29) is 17.7 Å². The monoisotopic (exact) mass is 255 g/mol. The van der Waals surface area contributed by atoms with Gasteiger partial charge in [-0.2, -0.15) is 4.98 Å². The van der Waals surface area contributed by atoms with Crippen LogP contribution in [0.15, 0.2) is 12.1 Å². The fourth-order valence-corrected chi connectivity index (χ4v) is 1.31. The van der Waals surface area contributed by atoms with Gasteiger partial charge in [0.25, 0.3) is 5.69 Å². The SMILES string of the molecule is CCOCC(C)Oc1cc([N+](=O)[O-])cc(NC)n1. The minimum Gasteiger partial charge on any atom is -0.472 e. The highest BCUT2D eigenvalue weighted by molar-refractivity contribution is 5.47. The number of hydrogen-bond donors (Lipinski definition) is 1. The molecule has 18 heavy (non-hydrogen) atoms. The summed E-state index contributed by atoms with van der Waals surface area (Å²) in [4.78, 5) is 14.4. The summed E-state index contributed by atoms with van der Waals surface area (Å²) in [5.41, 5.74) is -0.0621. The number of nitrogens with zero attached hydrogens (tertiary/aromatic N) is 2. The molecule has 1 N–H and O–H groups in total. The maximum absolute atomic E-state index is 10.7. The van der Waals surface area contributed by atoms with Gasteiger partial charge >= 0.3 is 0 Å². The Bertz CT molecular complexity index is 411. The van der Waals surface area contributed by atoms with E-state index in [0.29, 0.717) is 19.0 Å². The molecule has 0 fully saturated rings. The van der Waals surface area contributed by atoms with Crippen molar-refractivity contribution in [2.24, 2.45) is 0 Å². The first kappa shape index (κ1) is 14.2. The first-order valence-corrected chi connectivity index (χ1v) is 5.65. The second kappa shape index (κ2) is 6.75. The van der Waals surface area contributed by atoms with Gasteiger partial charge in [0.2, 0.25) is 5.88 Å². The zero-order chi connectivity index (χ0) is 13.5. The lowest BCUT2D eigenvalue weighted by Crippen LogP contribution is -2.19. The van der Waals surface area contributed by atoms with Crippen molar-refractivity contribution in [3.8, 4) is 5.88 Å². The summed E-state index contributed by atoms with van der Waals surface area (Å²) in [5, 5.41) is 13.5. The minimum atomic E-state index is -0.484. The number of hydrogen-bond acceptors (Lipinski definition) is 6. The first-order valence-electron chi connectivity index (χ1n) is 5.65. The third kappa shape index (κ3) is 4.17. The number of ether oxygens (including phenoxy) is 2. The molecule has 1 heterocycles. The Balaban J connectivity index is 2.81. The molecule has 0 bridgehead atoms. The van der Waals surface area contributed by atoms with Crippen molar-refractivity contribution in [3.63, 3.8) is 0 Å². The first-order chi connectivity index (χ1) is 8.56. The average molecular weight is 255 g/mol. The molecule has 7 nitrogen and oxygen atoms in total. The van der Waals surface area contributed by atoms with E-state index >= 15 is 0 Å². The van der Waals surface area contributed by atoms with Crippen LogP contribution in [0.4, 0.5) is 11.5 Å². The Morgan fingerprint density at radius 2 is 2.28 bits per heavy atom. The highest BCUT2D eigenvalue weighted by Crippen LogP contribution is 2.22. The summed E-state index contributed by atoms with van der Waals surface area (Å²) in [6.45, 7) is 4.71. The fourth-order valence-electron chi connectivity index (χ4n) is 1.31. The molecule has 1 aromatic heterocycles. The molecule has 0 spiro atoms. The van der Waals surface area contributed by atoms with Crippen LogP contribution in [0.2, 0.25) is 0 Å². The van der Waals surface area contributed by atoms with E-state index in [1.54, 1.807) is 7.05 Å². The molecule has 0 saturated heterocycles. The van der Waals surface area contributed by atoms with Crippen molar-refractivity contribution in [2.75, 3.05) is 25.6 Å². The highest BCUT2D eigenvalue weighted by Gasteiger charge is 2.13. The van der Waals surface area contributed by atoms with Crippen LogP contribution >= 0.6 is 0 Å². The zero-order valence-electron chi connectivity index (χ0n) is 10.7. The van der Waals surface area contributed by atoms with Crippen LogP contribution in [0.5, 0.6) is 5.88 Å². The van der Waals surface area contributed by atoms with E-state index in [4.69, 9.17) is 9.47 Å². The van der Waals surface area contributed by atoms with Gasteiger partial charge in [-0.15, -0.1) is 0 Å². The lowest BCUT2D eigenvalue weighted by atomic mass is 10.3. The molecule has 0 aromatic carbocycles. The van der Waals surface area contributed by atoms with Gasteiger partial charge in [-0.3, -0.25) is 10.1 Å². The lowest BCUT2D eigenvalue weighted by Gasteiger charge is -2.14. The quantitative estimate of drug-likeness (QED) is 0.591. The molecule has 1 unspecified atom stereocenters. The number of pyridine rings is 1. The molecule has 7 heteroatoms. The summed E-state index contributed by atoms with van der Waals surface area (Å²) in [6.07, 6.45) is -0.218. The van der Waals surface area contributed by atoms with Gasteiger partial charge in [0.1, 0.15) is 11.9 Å². The van der Waals surface area contributed by atoms with Crippen LogP contribution in [0, 0.1) is 10.1 Å². The van der Waals surface area contributed by atoms with Crippen molar-refractivity contribution in [1.82, 2.24) is 4.98 Å². The van der Waals surface area contributed by atoms with Gasteiger partial charge in [-0.25, -0.2) is 0 Å². The number of nitrogens with one attached hydrogen (secondary N) is 1. The van der Waals surface area contributed by atoms with E-state index in [1.165, 1.54) is 12.1 Å². The molecule has 0 amide bonds. The van der Waals surface area contributed by atoms with Crippen LogP contribution in [0.3, 0.4) is 0 Å². The average Bonchev–Trinajstić information content (AvgIpc) is 2.35. The Hall–Kier alpha value is -1.89. The van der Waals surface area contributed by atoms with Crippen LogP contribution in [0.25, 0.3) is 0 Å². The molecule has 1 rings (SSSR count). The Morgan fingerprint density at radius 1 is 1.56 bits per heavy atom. The number of anilines is 1. The van der Waals surface area contributed by atoms with Crippen LogP contribution in [0.1, 0.15) is 13.8 Å². The Morgan fingerprint density at radius 3 is 2.83 bits per heavy atom. The zero-order valence-corrected chi connectivity index (χ0v) is 10.7. The van der Waals surface area contributed by atoms with Gasteiger partial charge in [0.05, 0.1) is 23.7 Å². The summed E-state index contributed by atoms with van der Waals surface area (Å²) in [7, 11) is 1.64. The van der Waals surface area contributed by atoms with E-state index in [9.17, 15) is 10.1 Å². The van der Waals surface area contributed by atoms with Crippen LogP contribution in [-0.4, -0.2) is 36.3 Å². The third-order valence-corrected chi connectivity index (χ3v) is 2.13. The normalized spacial score (nSPS) is 11.9. The molecule has 0 radical (unpaired) electrons. The van der Waals surface area contributed by atoms with Crippen LogP contribution < -0.4 is 10.1 Å². The van der Waals surface area contributed by atoms with Crippen molar-refractivity contribution >= 4 is 11.5 Å². The van der Waals surface area contributed by atoms with Gasteiger partial charge in [-0.1, -0.05) is 0 Å². The Labute approximate surface area is 105 Å². The second-order valence-corrected chi connectivity index (χ2v) is 3.64. The molecule has 0 aliphatic rings. The number of rotatable bonds is 7. The number of nitro groups is 1. The third-order valence-electron chi connectivity index (χ3n) is 2.13. The lowest BCUT2D eigenvalue weighted by molar-refractivity contribution is -0.384. The molecular weight excluding hydrogens is 238 g/mol. The van der Waals surface area contributed by atoms with E-state index < -0.39 is 4.92 Å². The van der Waals surface area contributed by atoms with Crippen molar-refractivity contribution in [3.05, 3.63) is 22.2 Å². The highest BCUT2D eigenvalue weighted by atomic mass is 16.6. The maximum Gasteiger partial charge on any atom is 0.278 e. The maximum atomic E-state index is 10.7. The summed E-state index contributed by atoms with van der Waals surface area (Å²) < 4.78 is 10.7. The summed E-state index contributed by atoms with van der Waals surface area (Å²) >= 11 is 0. The molecular formula is C11H17N3O4. The van der Waals surface area contributed by atoms with E-state index in [2.05, 4.69) is 10.3 Å². The second-order valence-electron chi connectivity index (χ2n) is 3.64. The molecule has 0 aliphatic carbocycles. The molecule has 1 aromatic rings. The molecule has 1 atom stereocenters.